The van der Waals surface area contributed by atoms with Gasteiger partial charge in [0.15, 0.2) is 0 Å². The maximum atomic E-state index is 12.7. The van der Waals surface area contributed by atoms with E-state index in [4.69, 9.17) is 9.47 Å². The van der Waals surface area contributed by atoms with Crippen LogP contribution in [0.2, 0.25) is 0 Å². The number of benzene rings is 1. The number of piperidine rings is 1. The summed E-state index contributed by atoms with van der Waals surface area (Å²) in [5.41, 5.74) is 1.90. The highest BCUT2D eigenvalue weighted by atomic mass is 32.2. The van der Waals surface area contributed by atoms with Crippen molar-refractivity contribution in [2.75, 3.05) is 20.2 Å². The number of ether oxygens (including phenoxy) is 2. The van der Waals surface area contributed by atoms with E-state index in [2.05, 4.69) is 10.2 Å². The molecule has 1 aliphatic rings. The number of nitrogens with zero attached hydrogens (tertiary/aromatic N) is 3. The Balaban J connectivity index is 1.63. The standard InChI is InChI=1S/C18H23N3O4S/c1-14-5-7-15(8-6-14)13-26(22,23)21-11-3-4-16(12-21)25-18-10-9-17(24-2)19-20-18/h5-10,16H,3-4,11-13H2,1-2H3. The van der Waals surface area contributed by atoms with Crippen LogP contribution in [0.4, 0.5) is 0 Å². The van der Waals surface area contributed by atoms with Gasteiger partial charge in [0.05, 0.1) is 19.4 Å². The molecule has 2 heterocycles. The third kappa shape index (κ3) is 4.70. The van der Waals surface area contributed by atoms with Gasteiger partial charge in [0.2, 0.25) is 21.8 Å². The Morgan fingerprint density at radius 1 is 1.12 bits per heavy atom. The van der Waals surface area contributed by atoms with Crippen LogP contribution in [0.25, 0.3) is 0 Å². The molecule has 0 amide bonds. The summed E-state index contributed by atoms with van der Waals surface area (Å²) in [4.78, 5) is 0. The minimum Gasteiger partial charge on any atom is -0.480 e. The highest BCUT2D eigenvalue weighted by molar-refractivity contribution is 7.88. The van der Waals surface area contributed by atoms with Crippen molar-refractivity contribution in [3.63, 3.8) is 0 Å². The predicted molar refractivity (Wildman–Crippen MR) is 97.6 cm³/mol. The number of rotatable bonds is 6. The number of hydrogen-bond acceptors (Lipinski definition) is 6. The molecule has 0 aliphatic carbocycles. The Bertz CT molecular complexity index is 823. The molecule has 0 spiro atoms. The third-order valence-electron chi connectivity index (χ3n) is 4.32. The molecule has 1 unspecified atom stereocenters. The first-order valence-corrected chi connectivity index (χ1v) is 10.1. The lowest BCUT2D eigenvalue weighted by Gasteiger charge is -2.31. The Morgan fingerprint density at radius 2 is 1.81 bits per heavy atom. The van der Waals surface area contributed by atoms with Gasteiger partial charge in [0, 0.05) is 18.7 Å². The molecular weight excluding hydrogens is 354 g/mol. The van der Waals surface area contributed by atoms with Gasteiger partial charge in [-0.3, -0.25) is 0 Å². The van der Waals surface area contributed by atoms with Gasteiger partial charge in [-0.05, 0) is 25.3 Å². The molecule has 3 rings (SSSR count). The Morgan fingerprint density at radius 3 is 2.46 bits per heavy atom. The maximum Gasteiger partial charge on any atom is 0.233 e. The van der Waals surface area contributed by atoms with E-state index in [0.29, 0.717) is 24.8 Å². The summed E-state index contributed by atoms with van der Waals surface area (Å²) < 4.78 is 37.8. The number of aromatic nitrogens is 2. The first kappa shape index (κ1) is 18.6. The monoisotopic (exact) mass is 377 g/mol. The highest BCUT2D eigenvalue weighted by Crippen LogP contribution is 2.21. The van der Waals surface area contributed by atoms with Crippen LogP contribution in [0, 0.1) is 6.92 Å². The number of aryl methyl sites for hydroxylation is 1. The lowest BCUT2D eigenvalue weighted by atomic mass is 10.1. The first-order chi connectivity index (χ1) is 12.5. The highest BCUT2D eigenvalue weighted by Gasteiger charge is 2.30. The second-order valence-corrected chi connectivity index (χ2v) is 8.36. The van der Waals surface area contributed by atoms with Crippen LogP contribution in [-0.2, 0) is 15.8 Å². The van der Waals surface area contributed by atoms with E-state index in [1.807, 2.05) is 31.2 Å². The first-order valence-electron chi connectivity index (χ1n) is 8.54. The smallest absolute Gasteiger partial charge is 0.233 e. The van der Waals surface area contributed by atoms with Crippen molar-refractivity contribution in [3.05, 3.63) is 47.5 Å². The molecule has 140 valence electrons. The summed E-state index contributed by atoms with van der Waals surface area (Å²) in [6, 6.07) is 10.9. The fraction of sp³-hybridized carbons (Fsp3) is 0.444. The zero-order valence-corrected chi connectivity index (χ0v) is 15.8. The van der Waals surface area contributed by atoms with E-state index in [1.54, 1.807) is 12.1 Å². The molecule has 0 N–H and O–H groups in total. The van der Waals surface area contributed by atoms with Crippen LogP contribution < -0.4 is 9.47 Å². The molecule has 0 saturated carbocycles. The zero-order valence-electron chi connectivity index (χ0n) is 15.0. The SMILES string of the molecule is COc1ccc(OC2CCCN(S(=O)(=O)Cc3ccc(C)cc3)C2)nn1. The summed E-state index contributed by atoms with van der Waals surface area (Å²) in [6.45, 7) is 2.82. The summed E-state index contributed by atoms with van der Waals surface area (Å²) in [5, 5.41) is 7.81. The second-order valence-electron chi connectivity index (χ2n) is 6.40. The summed E-state index contributed by atoms with van der Waals surface area (Å²) >= 11 is 0. The van der Waals surface area contributed by atoms with Gasteiger partial charge in [0.25, 0.3) is 0 Å². The molecule has 1 atom stereocenters. The fourth-order valence-electron chi connectivity index (χ4n) is 2.89. The van der Waals surface area contributed by atoms with Gasteiger partial charge in [-0.15, -0.1) is 10.2 Å². The van der Waals surface area contributed by atoms with Crippen molar-refractivity contribution in [2.24, 2.45) is 0 Å². The van der Waals surface area contributed by atoms with E-state index in [-0.39, 0.29) is 11.9 Å². The normalized spacial score (nSPS) is 18.5. The summed E-state index contributed by atoms with van der Waals surface area (Å²) in [5.74, 6) is 0.777. The minimum absolute atomic E-state index is 0.00232. The molecule has 1 saturated heterocycles. The third-order valence-corrected chi connectivity index (χ3v) is 6.13. The molecule has 8 heteroatoms. The average Bonchev–Trinajstić information content (AvgIpc) is 2.64. The van der Waals surface area contributed by atoms with Gasteiger partial charge in [-0.1, -0.05) is 29.8 Å². The van der Waals surface area contributed by atoms with E-state index in [1.165, 1.54) is 11.4 Å². The minimum atomic E-state index is -3.39. The van der Waals surface area contributed by atoms with Crippen LogP contribution in [0.5, 0.6) is 11.8 Å². The Labute approximate surface area is 154 Å². The number of methoxy groups -OCH3 is 1. The van der Waals surface area contributed by atoms with Crippen molar-refractivity contribution in [3.8, 4) is 11.8 Å². The van der Waals surface area contributed by atoms with Gasteiger partial charge < -0.3 is 9.47 Å². The van der Waals surface area contributed by atoms with Crippen LogP contribution in [0.15, 0.2) is 36.4 Å². The van der Waals surface area contributed by atoms with E-state index in [0.717, 1.165) is 24.0 Å². The Kier molecular flexibility index (Phi) is 5.73. The largest absolute Gasteiger partial charge is 0.480 e. The van der Waals surface area contributed by atoms with Gasteiger partial charge >= 0.3 is 0 Å². The van der Waals surface area contributed by atoms with Gasteiger partial charge in [0.1, 0.15) is 6.10 Å². The average molecular weight is 377 g/mol. The van der Waals surface area contributed by atoms with Crippen molar-refractivity contribution < 1.29 is 17.9 Å². The topological polar surface area (TPSA) is 81.6 Å². The lowest BCUT2D eigenvalue weighted by Crippen LogP contribution is -2.44. The Hall–Kier alpha value is -2.19. The van der Waals surface area contributed by atoms with E-state index < -0.39 is 10.0 Å². The molecule has 1 fully saturated rings. The van der Waals surface area contributed by atoms with Crippen LogP contribution >= 0.6 is 0 Å². The van der Waals surface area contributed by atoms with Gasteiger partial charge in [-0.2, -0.15) is 4.31 Å². The molecule has 26 heavy (non-hydrogen) atoms. The zero-order chi connectivity index (χ0) is 18.6. The van der Waals surface area contributed by atoms with Crippen molar-refractivity contribution in [1.29, 1.82) is 0 Å². The summed E-state index contributed by atoms with van der Waals surface area (Å²) in [7, 11) is -1.87. The molecule has 1 aromatic heterocycles. The maximum absolute atomic E-state index is 12.7. The number of hydrogen-bond donors (Lipinski definition) is 0. The van der Waals surface area contributed by atoms with Crippen molar-refractivity contribution in [2.45, 2.75) is 31.6 Å². The molecule has 1 aromatic carbocycles. The van der Waals surface area contributed by atoms with Crippen LogP contribution in [-0.4, -0.2) is 49.2 Å². The predicted octanol–water partition coefficient (Wildman–Crippen LogP) is 2.17. The molecule has 7 nitrogen and oxygen atoms in total. The molecule has 1 aliphatic heterocycles. The second kappa shape index (κ2) is 8.01. The molecule has 0 radical (unpaired) electrons. The van der Waals surface area contributed by atoms with E-state index in [9.17, 15) is 8.42 Å². The van der Waals surface area contributed by atoms with Crippen LogP contribution in [0.3, 0.4) is 0 Å². The molecule has 2 aromatic rings. The summed E-state index contributed by atoms with van der Waals surface area (Å²) in [6.07, 6.45) is 1.30. The van der Waals surface area contributed by atoms with Crippen LogP contribution in [0.1, 0.15) is 24.0 Å². The van der Waals surface area contributed by atoms with Crippen molar-refractivity contribution in [1.82, 2.24) is 14.5 Å². The number of sulfonamides is 1. The fourth-order valence-corrected chi connectivity index (χ4v) is 4.49. The van der Waals surface area contributed by atoms with E-state index >= 15 is 0 Å². The quantitative estimate of drug-likeness (QED) is 0.767. The van der Waals surface area contributed by atoms with Crippen molar-refractivity contribution >= 4 is 10.0 Å². The van der Waals surface area contributed by atoms with Gasteiger partial charge in [-0.25, -0.2) is 8.42 Å². The lowest BCUT2D eigenvalue weighted by molar-refractivity contribution is 0.123. The molecule has 0 bridgehead atoms. The molecular formula is C18H23N3O4S.